The molecule has 0 unspecified atom stereocenters. The van der Waals surface area contributed by atoms with Crippen LogP contribution >= 0.6 is 0 Å². The zero-order valence-electron chi connectivity index (χ0n) is 9.92. The summed E-state index contributed by atoms with van der Waals surface area (Å²) in [5.74, 6) is 5.73. The molecule has 0 atom stereocenters. The minimum absolute atomic E-state index is 0.0324. The zero-order chi connectivity index (χ0) is 11.3. The highest BCUT2D eigenvalue weighted by Crippen LogP contribution is 1.97. The molecule has 0 aliphatic carbocycles. The molecule has 0 aromatic heterocycles. The lowest BCUT2D eigenvalue weighted by Gasteiger charge is -2.30. The fourth-order valence-corrected chi connectivity index (χ4v) is 1.39. The number of rotatable bonds is 2. The summed E-state index contributed by atoms with van der Waals surface area (Å²) in [6.45, 7) is 8.80. The second kappa shape index (κ2) is 5.89. The van der Waals surface area contributed by atoms with E-state index < -0.39 is 0 Å². The van der Waals surface area contributed by atoms with Crippen LogP contribution in [-0.2, 0) is 4.79 Å². The lowest BCUT2D eigenvalue weighted by Crippen LogP contribution is -2.44. The Morgan fingerprint density at radius 3 is 2.40 bits per heavy atom. The van der Waals surface area contributed by atoms with Gasteiger partial charge in [0.05, 0.1) is 6.54 Å². The Morgan fingerprint density at radius 1 is 1.27 bits per heavy atom. The third-order valence-corrected chi connectivity index (χ3v) is 2.63. The maximum atomic E-state index is 11.2. The van der Waals surface area contributed by atoms with Gasteiger partial charge in [-0.25, -0.2) is 0 Å². The lowest BCUT2D eigenvalue weighted by molar-refractivity contribution is -0.116. The summed E-state index contributed by atoms with van der Waals surface area (Å²) in [6, 6.07) is 0. The first-order valence-corrected chi connectivity index (χ1v) is 5.53. The van der Waals surface area contributed by atoms with Crippen molar-refractivity contribution in [3.63, 3.8) is 0 Å². The van der Waals surface area contributed by atoms with E-state index in [-0.39, 0.29) is 11.7 Å². The van der Waals surface area contributed by atoms with E-state index in [1.165, 1.54) is 0 Å². The van der Waals surface area contributed by atoms with Gasteiger partial charge < -0.3 is 4.90 Å². The molecule has 0 aromatic rings. The molecule has 3 nitrogen and oxygen atoms in total. The minimum Gasteiger partial charge on any atom is -0.304 e. The van der Waals surface area contributed by atoms with Crippen molar-refractivity contribution >= 4 is 5.78 Å². The molecular weight excluding hydrogens is 188 g/mol. The Labute approximate surface area is 92.4 Å². The van der Waals surface area contributed by atoms with Gasteiger partial charge in [0.15, 0.2) is 0 Å². The molecule has 0 N–H and O–H groups in total. The molecule has 0 saturated carbocycles. The predicted molar refractivity (Wildman–Crippen MR) is 61.6 cm³/mol. The van der Waals surface area contributed by atoms with Gasteiger partial charge in [-0.2, -0.15) is 0 Å². The van der Waals surface area contributed by atoms with Crippen LogP contribution in [0.4, 0.5) is 0 Å². The van der Waals surface area contributed by atoms with Gasteiger partial charge in [0.25, 0.3) is 0 Å². The molecule has 1 fully saturated rings. The van der Waals surface area contributed by atoms with E-state index in [0.29, 0.717) is 0 Å². The summed E-state index contributed by atoms with van der Waals surface area (Å²) < 4.78 is 0. The normalized spacial score (nSPS) is 18.7. The van der Waals surface area contributed by atoms with E-state index in [2.05, 4.69) is 28.7 Å². The average molecular weight is 208 g/mol. The molecule has 3 heteroatoms. The molecule has 0 spiro atoms. The Hall–Kier alpha value is -0.850. The summed E-state index contributed by atoms with van der Waals surface area (Å²) in [6.07, 6.45) is 0. The van der Waals surface area contributed by atoms with Crippen LogP contribution in [0.1, 0.15) is 13.8 Å². The highest BCUT2D eigenvalue weighted by atomic mass is 16.1. The van der Waals surface area contributed by atoms with Gasteiger partial charge >= 0.3 is 0 Å². The molecular formula is C12H20N2O. The summed E-state index contributed by atoms with van der Waals surface area (Å²) in [5.41, 5.74) is 0. The number of carbonyl (C=O) groups is 1. The third kappa shape index (κ3) is 4.46. The molecule has 1 aliphatic rings. The number of nitrogens with zero attached hydrogens (tertiary/aromatic N) is 2. The van der Waals surface area contributed by atoms with Gasteiger partial charge in [-0.3, -0.25) is 9.69 Å². The van der Waals surface area contributed by atoms with Crippen molar-refractivity contribution in [2.75, 3.05) is 39.8 Å². The number of likely N-dealkylation sites (N-methyl/N-ethyl adjacent to an activating group) is 1. The second-order valence-electron chi connectivity index (χ2n) is 4.40. The maximum absolute atomic E-state index is 11.2. The molecule has 1 saturated heterocycles. The quantitative estimate of drug-likeness (QED) is 0.486. The van der Waals surface area contributed by atoms with E-state index in [4.69, 9.17) is 0 Å². The lowest BCUT2D eigenvalue weighted by atomic mass is 10.1. The molecule has 15 heavy (non-hydrogen) atoms. The van der Waals surface area contributed by atoms with Crippen LogP contribution < -0.4 is 0 Å². The monoisotopic (exact) mass is 208 g/mol. The number of carbonyl (C=O) groups excluding carboxylic acids is 1. The first-order chi connectivity index (χ1) is 7.09. The molecule has 1 heterocycles. The fourth-order valence-electron chi connectivity index (χ4n) is 1.39. The average Bonchev–Trinajstić information content (AvgIpc) is 2.20. The highest BCUT2D eigenvalue weighted by Gasteiger charge is 2.11. The third-order valence-electron chi connectivity index (χ3n) is 2.63. The van der Waals surface area contributed by atoms with E-state index in [0.717, 1.165) is 32.7 Å². The van der Waals surface area contributed by atoms with Crippen LogP contribution in [0.2, 0.25) is 0 Å². The standard InChI is InChI=1S/C12H20N2O/c1-11(2)12(15)5-4-6-14-9-7-13(3)8-10-14/h11H,6-10H2,1-3H3. The van der Waals surface area contributed by atoms with E-state index in [9.17, 15) is 4.79 Å². The maximum Gasteiger partial charge on any atom is 0.208 e. The van der Waals surface area contributed by atoms with Crippen LogP contribution in [0, 0.1) is 17.8 Å². The zero-order valence-corrected chi connectivity index (χ0v) is 9.92. The minimum atomic E-state index is 0.0324. The van der Waals surface area contributed by atoms with Gasteiger partial charge in [0, 0.05) is 32.1 Å². The molecule has 0 aromatic carbocycles. The van der Waals surface area contributed by atoms with Crippen LogP contribution in [0.25, 0.3) is 0 Å². The predicted octanol–water partition coefficient (Wildman–Crippen LogP) is 0.462. The SMILES string of the molecule is CC(C)C(=O)C#CCN1CCN(C)CC1. The van der Waals surface area contributed by atoms with Crippen molar-refractivity contribution in [1.29, 1.82) is 0 Å². The number of hydrogen-bond acceptors (Lipinski definition) is 3. The molecule has 0 amide bonds. The van der Waals surface area contributed by atoms with Gasteiger partial charge in [-0.05, 0) is 13.0 Å². The van der Waals surface area contributed by atoms with Gasteiger partial charge in [-0.15, -0.1) is 0 Å². The Bertz CT molecular complexity index is 267. The molecule has 1 aliphatic heterocycles. The van der Waals surface area contributed by atoms with Crippen LogP contribution in [0.3, 0.4) is 0 Å². The van der Waals surface area contributed by atoms with Crippen LogP contribution in [-0.4, -0.2) is 55.4 Å². The highest BCUT2D eigenvalue weighted by molar-refractivity contribution is 5.96. The topological polar surface area (TPSA) is 23.6 Å². The van der Waals surface area contributed by atoms with E-state index in [1.807, 2.05) is 13.8 Å². The van der Waals surface area contributed by atoms with Gasteiger partial charge in [0.2, 0.25) is 5.78 Å². The van der Waals surface area contributed by atoms with Crippen molar-refractivity contribution in [1.82, 2.24) is 9.80 Å². The Balaban J connectivity index is 2.28. The molecule has 84 valence electrons. The van der Waals surface area contributed by atoms with Gasteiger partial charge in [0.1, 0.15) is 0 Å². The smallest absolute Gasteiger partial charge is 0.208 e. The second-order valence-corrected chi connectivity index (χ2v) is 4.40. The van der Waals surface area contributed by atoms with Crippen molar-refractivity contribution in [2.24, 2.45) is 5.92 Å². The molecule has 1 rings (SSSR count). The number of Topliss-reactive ketones (excluding diaryl/α,β-unsaturated/α-hetero) is 1. The van der Waals surface area contributed by atoms with Crippen LogP contribution in [0.15, 0.2) is 0 Å². The Kier molecular flexibility index (Phi) is 4.80. The fraction of sp³-hybridized carbons (Fsp3) is 0.750. The molecule has 0 radical (unpaired) electrons. The van der Waals surface area contributed by atoms with Gasteiger partial charge in [-0.1, -0.05) is 19.8 Å². The van der Waals surface area contributed by atoms with Crippen molar-refractivity contribution in [3.8, 4) is 11.8 Å². The van der Waals surface area contributed by atoms with E-state index >= 15 is 0 Å². The number of piperazine rings is 1. The van der Waals surface area contributed by atoms with E-state index in [1.54, 1.807) is 0 Å². The number of ketones is 1. The van der Waals surface area contributed by atoms with Crippen molar-refractivity contribution < 1.29 is 4.79 Å². The summed E-state index contributed by atoms with van der Waals surface area (Å²) >= 11 is 0. The Morgan fingerprint density at radius 2 is 1.87 bits per heavy atom. The summed E-state index contributed by atoms with van der Waals surface area (Å²) in [5, 5.41) is 0. The van der Waals surface area contributed by atoms with Crippen molar-refractivity contribution in [3.05, 3.63) is 0 Å². The largest absolute Gasteiger partial charge is 0.304 e. The summed E-state index contributed by atoms with van der Waals surface area (Å²) in [7, 11) is 2.13. The first kappa shape index (κ1) is 12.2. The van der Waals surface area contributed by atoms with Crippen LogP contribution in [0.5, 0.6) is 0 Å². The number of hydrogen-bond donors (Lipinski definition) is 0. The van der Waals surface area contributed by atoms with Crippen molar-refractivity contribution in [2.45, 2.75) is 13.8 Å². The first-order valence-electron chi connectivity index (χ1n) is 5.53. The summed E-state index contributed by atoms with van der Waals surface area (Å²) in [4.78, 5) is 15.8. The molecule has 0 bridgehead atoms.